The molecular formula is C27H36O3. The minimum absolute atomic E-state index is 0.0355. The third-order valence-electron chi connectivity index (χ3n) is 8.19. The first kappa shape index (κ1) is 22.5. The fourth-order valence-electron chi connectivity index (χ4n) is 6.71. The Hall–Kier alpha value is -2.16. The Morgan fingerprint density at radius 1 is 1.10 bits per heavy atom. The summed E-state index contributed by atoms with van der Waals surface area (Å²) in [6, 6.07) is 10.1. The quantitative estimate of drug-likeness (QED) is 0.531. The molecule has 30 heavy (non-hydrogen) atoms. The van der Waals surface area contributed by atoms with Crippen LogP contribution in [0.5, 0.6) is 0 Å². The van der Waals surface area contributed by atoms with E-state index in [0.29, 0.717) is 19.3 Å². The standard InChI is InChI=1S/C27H36O3/c1-6-20-17-26(8-3,16-15-19-13-11-10-12-14-19)27(9-4,25(29)30)23-21(7-2)24(28)18(5)22(20)23/h10-18,21-23H,6-9H2,1-5H3,(H,29,30)/b16-15+/t18-,21+,22+,23+,26-,27+/m1/s1. The third-order valence-corrected chi connectivity index (χ3v) is 8.19. The minimum Gasteiger partial charge on any atom is -0.481 e. The molecule has 0 bridgehead atoms. The highest BCUT2D eigenvalue weighted by Crippen LogP contribution is 2.66. The van der Waals surface area contributed by atoms with Gasteiger partial charge in [0.25, 0.3) is 0 Å². The molecule has 1 fully saturated rings. The van der Waals surface area contributed by atoms with E-state index in [2.05, 4.69) is 32.1 Å². The van der Waals surface area contributed by atoms with Crippen LogP contribution in [0.15, 0.2) is 48.1 Å². The van der Waals surface area contributed by atoms with Crippen molar-refractivity contribution in [2.24, 2.45) is 34.5 Å². The highest BCUT2D eigenvalue weighted by atomic mass is 16.4. The van der Waals surface area contributed by atoms with Gasteiger partial charge in [-0.3, -0.25) is 9.59 Å². The van der Waals surface area contributed by atoms with E-state index >= 15 is 0 Å². The number of allylic oxidation sites excluding steroid dienone is 3. The molecule has 0 aromatic heterocycles. The molecule has 1 N–H and O–H groups in total. The summed E-state index contributed by atoms with van der Waals surface area (Å²) in [6.45, 7) is 10.3. The molecular weight excluding hydrogens is 372 g/mol. The van der Waals surface area contributed by atoms with Gasteiger partial charge in [0.2, 0.25) is 0 Å². The predicted octanol–water partition coefficient (Wildman–Crippen LogP) is 6.40. The summed E-state index contributed by atoms with van der Waals surface area (Å²) in [6.07, 6.45) is 9.22. The molecule has 1 aromatic rings. The molecule has 3 rings (SSSR count). The van der Waals surface area contributed by atoms with Crippen molar-refractivity contribution < 1.29 is 14.7 Å². The Kier molecular flexibility index (Phi) is 6.40. The van der Waals surface area contributed by atoms with Crippen LogP contribution < -0.4 is 0 Å². The molecule has 3 heteroatoms. The first-order chi connectivity index (χ1) is 14.3. The number of rotatable bonds is 7. The molecule has 0 unspecified atom stereocenters. The van der Waals surface area contributed by atoms with E-state index in [9.17, 15) is 14.7 Å². The van der Waals surface area contributed by atoms with Crippen LogP contribution in [0, 0.1) is 34.5 Å². The average Bonchev–Trinajstić information content (AvgIpc) is 3.02. The van der Waals surface area contributed by atoms with Gasteiger partial charge in [-0.05, 0) is 43.1 Å². The Bertz CT molecular complexity index is 852. The van der Waals surface area contributed by atoms with E-state index in [0.717, 1.165) is 12.0 Å². The Balaban J connectivity index is 2.30. The zero-order chi connectivity index (χ0) is 22.1. The maximum Gasteiger partial charge on any atom is 0.311 e. The molecule has 3 nitrogen and oxygen atoms in total. The van der Waals surface area contributed by atoms with Gasteiger partial charge >= 0.3 is 5.97 Å². The zero-order valence-corrected chi connectivity index (χ0v) is 19.0. The second-order valence-corrected chi connectivity index (χ2v) is 9.10. The van der Waals surface area contributed by atoms with Crippen molar-refractivity contribution in [3.63, 3.8) is 0 Å². The lowest BCUT2D eigenvalue weighted by Gasteiger charge is -2.55. The van der Waals surface area contributed by atoms with E-state index in [1.165, 1.54) is 5.57 Å². The van der Waals surface area contributed by atoms with Crippen molar-refractivity contribution in [1.29, 1.82) is 0 Å². The number of carbonyl (C=O) groups excluding carboxylic acids is 1. The number of aliphatic carboxylic acids is 1. The summed E-state index contributed by atoms with van der Waals surface area (Å²) in [4.78, 5) is 26.4. The molecule has 0 spiro atoms. The number of carbonyl (C=O) groups is 2. The number of carboxylic acid groups (broad SMARTS) is 1. The maximum absolute atomic E-state index is 13.2. The number of ketones is 1. The fourth-order valence-corrected chi connectivity index (χ4v) is 6.71. The molecule has 1 saturated carbocycles. The van der Waals surface area contributed by atoms with Crippen LogP contribution in [0.3, 0.4) is 0 Å². The van der Waals surface area contributed by atoms with Crippen molar-refractivity contribution in [3.05, 3.63) is 53.6 Å². The van der Waals surface area contributed by atoms with Crippen molar-refractivity contribution in [2.45, 2.75) is 60.3 Å². The summed E-state index contributed by atoms with van der Waals surface area (Å²) in [5, 5.41) is 10.8. The van der Waals surface area contributed by atoms with E-state index in [1.807, 2.05) is 51.1 Å². The first-order valence-corrected chi connectivity index (χ1v) is 11.6. The van der Waals surface area contributed by atoms with Crippen LogP contribution in [0.25, 0.3) is 6.08 Å². The average molecular weight is 409 g/mol. The van der Waals surface area contributed by atoms with Gasteiger partial charge in [0.05, 0.1) is 5.41 Å². The summed E-state index contributed by atoms with van der Waals surface area (Å²) in [5.41, 5.74) is 0.726. The van der Waals surface area contributed by atoms with Crippen LogP contribution in [0.2, 0.25) is 0 Å². The molecule has 6 atom stereocenters. The highest BCUT2D eigenvalue weighted by Gasteiger charge is 2.67. The molecule has 1 aromatic carbocycles. The van der Waals surface area contributed by atoms with E-state index in [1.54, 1.807) is 0 Å². The Morgan fingerprint density at radius 3 is 2.27 bits per heavy atom. The smallest absolute Gasteiger partial charge is 0.311 e. The van der Waals surface area contributed by atoms with Crippen molar-refractivity contribution >= 4 is 17.8 Å². The van der Waals surface area contributed by atoms with Gasteiger partial charge in [-0.1, -0.05) is 88.8 Å². The summed E-state index contributed by atoms with van der Waals surface area (Å²) >= 11 is 0. The first-order valence-electron chi connectivity index (χ1n) is 11.6. The monoisotopic (exact) mass is 408 g/mol. The van der Waals surface area contributed by atoms with Gasteiger partial charge in [-0.15, -0.1) is 0 Å². The third kappa shape index (κ3) is 3.09. The molecule has 0 aliphatic heterocycles. The molecule has 0 amide bonds. The Labute approximate surface area is 181 Å². The fraction of sp³-hybridized carbons (Fsp3) is 0.556. The summed E-state index contributed by atoms with van der Waals surface area (Å²) in [5.74, 6) is -0.922. The molecule has 0 heterocycles. The molecule has 0 radical (unpaired) electrons. The normalized spacial score (nSPS) is 36.0. The lowest BCUT2D eigenvalue weighted by Crippen LogP contribution is -2.56. The zero-order valence-electron chi connectivity index (χ0n) is 19.0. The Morgan fingerprint density at radius 2 is 1.77 bits per heavy atom. The maximum atomic E-state index is 13.2. The van der Waals surface area contributed by atoms with Gasteiger partial charge in [0, 0.05) is 17.3 Å². The van der Waals surface area contributed by atoms with Crippen LogP contribution in [0.1, 0.15) is 65.9 Å². The van der Waals surface area contributed by atoms with Gasteiger partial charge in [-0.25, -0.2) is 0 Å². The number of fused-ring (bicyclic) bond motifs is 1. The minimum atomic E-state index is -0.989. The van der Waals surface area contributed by atoms with Crippen LogP contribution in [-0.2, 0) is 9.59 Å². The molecule has 2 aliphatic rings. The molecule has 162 valence electrons. The second kappa shape index (κ2) is 8.53. The van der Waals surface area contributed by atoms with Crippen LogP contribution in [-0.4, -0.2) is 16.9 Å². The van der Waals surface area contributed by atoms with Gasteiger partial charge in [-0.2, -0.15) is 0 Å². The SMILES string of the molecule is CCC1=C[C@](/C=C/c2ccccc2)(CC)[C@](CC)(C(=O)O)[C@@H]2[C@H]1[C@@H](C)C(=O)[C@H]2CC. The largest absolute Gasteiger partial charge is 0.481 e. The van der Waals surface area contributed by atoms with Gasteiger partial charge in [0.1, 0.15) is 5.78 Å². The lowest BCUT2D eigenvalue weighted by atomic mass is 9.46. The van der Waals surface area contributed by atoms with Crippen molar-refractivity contribution in [2.75, 3.05) is 0 Å². The van der Waals surface area contributed by atoms with Crippen LogP contribution in [0.4, 0.5) is 0 Å². The van der Waals surface area contributed by atoms with E-state index < -0.39 is 16.8 Å². The van der Waals surface area contributed by atoms with Gasteiger partial charge < -0.3 is 5.11 Å². The number of Topliss-reactive ketones (excluding diaryl/α,β-unsaturated/α-hetero) is 1. The van der Waals surface area contributed by atoms with E-state index in [4.69, 9.17) is 0 Å². The van der Waals surface area contributed by atoms with Crippen LogP contribution >= 0.6 is 0 Å². The summed E-state index contributed by atoms with van der Waals surface area (Å²) < 4.78 is 0. The van der Waals surface area contributed by atoms with Crippen molar-refractivity contribution in [3.8, 4) is 0 Å². The summed E-state index contributed by atoms with van der Waals surface area (Å²) in [7, 11) is 0. The number of benzene rings is 1. The number of hydrogen-bond acceptors (Lipinski definition) is 2. The van der Waals surface area contributed by atoms with E-state index in [-0.39, 0.29) is 29.5 Å². The number of carboxylic acids is 1. The predicted molar refractivity (Wildman–Crippen MR) is 122 cm³/mol. The van der Waals surface area contributed by atoms with Crippen molar-refractivity contribution in [1.82, 2.24) is 0 Å². The molecule has 2 aliphatic carbocycles. The molecule has 0 saturated heterocycles. The second-order valence-electron chi connectivity index (χ2n) is 9.10. The highest BCUT2D eigenvalue weighted by molar-refractivity contribution is 5.90. The topological polar surface area (TPSA) is 54.4 Å². The van der Waals surface area contributed by atoms with Gasteiger partial charge in [0.15, 0.2) is 0 Å². The number of hydrogen-bond donors (Lipinski definition) is 1. The lowest BCUT2D eigenvalue weighted by molar-refractivity contribution is -0.165.